The highest BCUT2D eigenvalue weighted by Gasteiger charge is 2.25. The smallest absolute Gasteiger partial charge is 0.245 e. The number of carbonyl (C=O) groups excluding carboxylic acids is 1. The van der Waals surface area contributed by atoms with Crippen LogP contribution in [-0.4, -0.2) is 34.5 Å². The molecule has 0 bridgehead atoms. The summed E-state index contributed by atoms with van der Waals surface area (Å²) >= 11 is 0. The quantitative estimate of drug-likeness (QED) is 0.814. The van der Waals surface area contributed by atoms with E-state index in [0.717, 1.165) is 12.1 Å². The molecule has 0 aromatic heterocycles. The lowest BCUT2D eigenvalue weighted by atomic mass is 10.3. The van der Waals surface area contributed by atoms with Crippen molar-refractivity contribution in [3.8, 4) is 5.75 Å². The molecular weight excluding hydrogens is 275 g/mol. The minimum atomic E-state index is -4.06. The van der Waals surface area contributed by atoms with Gasteiger partial charge in [-0.2, -0.15) is 4.72 Å². The molecule has 0 spiro atoms. The van der Waals surface area contributed by atoms with Crippen molar-refractivity contribution in [1.82, 2.24) is 10.0 Å². The average Bonchev–Trinajstić information content (AvgIpc) is 2.37. The van der Waals surface area contributed by atoms with E-state index in [1.807, 2.05) is 0 Å². The lowest BCUT2D eigenvalue weighted by Gasteiger charge is -2.14. The molecule has 0 fully saturated rings. The maximum atomic E-state index is 13.1. The maximum Gasteiger partial charge on any atom is 0.245 e. The second-order valence-corrected chi connectivity index (χ2v) is 5.43. The zero-order valence-electron chi connectivity index (χ0n) is 10.7. The van der Waals surface area contributed by atoms with E-state index >= 15 is 0 Å². The Morgan fingerprint density at radius 2 is 2.05 bits per heavy atom. The number of rotatable bonds is 5. The van der Waals surface area contributed by atoms with E-state index in [9.17, 15) is 17.6 Å². The lowest BCUT2D eigenvalue weighted by Crippen LogP contribution is -2.43. The maximum absolute atomic E-state index is 13.1. The third kappa shape index (κ3) is 3.65. The summed E-state index contributed by atoms with van der Waals surface area (Å²) in [5.74, 6) is -1.22. The van der Waals surface area contributed by atoms with Crippen LogP contribution >= 0.6 is 0 Å². The summed E-state index contributed by atoms with van der Waals surface area (Å²) in [6.07, 6.45) is 0. The molecule has 1 unspecified atom stereocenters. The molecule has 19 heavy (non-hydrogen) atoms. The molecular formula is C11H15FN2O4S. The Morgan fingerprint density at radius 3 is 2.58 bits per heavy atom. The van der Waals surface area contributed by atoms with Gasteiger partial charge in [0.25, 0.3) is 0 Å². The predicted molar refractivity (Wildman–Crippen MR) is 66.8 cm³/mol. The van der Waals surface area contributed by atoms with Gasteiger partial charge in [-0.1, -0.05) is 0 Å². The molecule has 6 nitrogen and oxygen atoms in total. The number of amides is 1. The van der Waals surface area contributed by atoms with E-state index in [4.69, 9.17) is 4.74 Å². The Labute approximate surface area is 111 Å². The fourth-order valence-electron chi connectivity index (χ4n) is 1.43. The monoisotopic (exact) mass is 290 g/mol. The summed E-state index contributed by atoms with van der Waals surface area (Å²) in [6.45, 7) is 1.38. The van der Waals surface area contributed by atoms with Crippen LogP contribution in [0, 0.1) is 5.82 Å². The van der Waals surface area contributed by atoms with Gasteiger partial charge in [-0.25, -0.2) is 12.8 Å². The summed E-state index contributed by atoms with van der Waals surface area (Å²) < 4.78 is 44.3. The van der Waals surface area contributed by atoms with Gasteiger partial charge in [0.1, 0.15) is 16.5 Å². The summed E-state index contributed by atoms with van der Waals surface area (Å²) in [6, 6.07) is 2.13. The number of benzene rings is 1. The number of methoxy groups -OCH3 is 1. The Morgan fingerprint density at radius 1 is 1.42 bits per heavy atom. The summed E-state index contributed by atoms with van der Waals surface area (Å²) in [5.41, 5.74) is 0. The van der Waals surface area contributed by atoms with Gasteiger partial charge >= 0.3 is 0 Å². The van der Waals surface area contributed by atoms with Crippen molar-refractivity contribution in [2.24, 2.45) is 0 Å². The lowest BCUT2D eigenvalue weighted by molar-refractivity contribution is -0.121. The second-order valence-electron chi connectivity index (χ2n) is 3.75. The molecule has 1 aromatic rings. The number of ether oxygens (including phenoxy) is 1. The molecule has 1 atom stereocenters. The minimum absolute atomic E-state index is 0.00185. The van der Waals surface area contributed by atoms with Gasteiger partial charge in [-0.05, 0) is 25.1 Å². The summed E-state index contributed by atoms with van der Waals surface area (Å²) in [4.78, 5) is 10.9. The molecule has 1 rings (SSSR count). The van der Waals surface area contributed by atoms with Gasteiger partial charge in [0.2, 0.25) is 15.9 Å². The molecule has 0 saturated carbocycles. The van der Waals surface area contributed by atoms with Crippen LogP contribution in [0.5, 0.6) is 5.75 Å². The van der Waals surface area contributed by atoms with Gasteiger partial charge in [0.05, 0.1) is 13.2 Å². The third-order valence-electron chi connectivity index (χ3n) is 2.39. The van der Waals surface area contributed by atoms with Crippen molar-refractivity contribution < 1.29 is 22.3 Å². The second kappa shape index (κ2) is 5.98. The van der Waals surface area contributed by atoms with Gasteiger partial charge in [0.15, 0.2) is 0 Å². The van der Waals surface area contributed by atoms with E-state index in [-0.39, 0.29) is 10.6 Å². The molecule has 8 heteroatoms. The van der Waals surface area contributed by atoms with Crippen molar-refractivity contribution in [3.63, 3.8) is 0 Å². The number of likely N-dealkylation sites (N-methyl/N-ethyl adjacent to an activating group) is 1. The van der Waals surface area contributed by atoms with Crippen molar-refractivity contribution in [2.75, 3.05) is 14.2 Å². The number of sulfonamides is 1. The predicted octanol–water partition coefficient (Wildman–Crippen LogP) is 0.247. The Hall–Kier alpha value is -1.67. The highest BCUT2D eigenvalue weighted by Crippen LogP contribution is 2.24. The Bertz CT molecular complexity index is 574. The highest BCUT2D eigenvalue weighted by atomic mass is 32.2. The standard InChI is InChI=1S/C11H15FN2O4S/c1-7(11(15)13-2)14-19(16,17)10-6-8(12)4-5-9(10)18-3/h4-7,14H,1-3H3,(H,13,15). The van der Waals surface area contributed by atoms with Gasteiger partial charge in [-0.3, -0.25) is 4.79 Å². The first kappa shape index (κ1) is 15.4. The van der Waals surface area contributed by atoms with Crippen LogP contribution in [0.3, 0.4) is 0 Å². The molecule has 0 radical (unpaired) electrons. The normalized spacial score (nSPS) is 12.8. The first-order chi connectivity index (χ1) is 8.81. The van der Waals surface area contributed by atoms with Crippen molar-refractivity contribution >= 4 is 15.9 Å². The van der Waals surface area contributed by atoms with Crippen LogP contribution in [0.1, 0.15) is 6.92 Å². The molecule has 0 saturated heterocycles. The molecule has 0 aliphatic rings. The van der Waals surface area contributed by atoms with Crippen molar-refractivity contribution in [3.05, 3.63) is 24.0 Å². The molecule has 1 amide bonds. The topological polar surface area (TPSA) is 84.5 Å². The highest BCUT2D eigenvalue weighted by molar-refractivity contribution is 7.89. The van der Waals surface area contributed by atoms with Crippen LogP contribution in [0.15, 0.2) is 23.1 Å². The molecule has 0 heterocycles. The van der Waals surface area contributed by atoms with Crippen LogP contribution < -0.4 is 14.8 Å². The third-order valence-corrected chi connectivity index (χ3v) is 3.95. The number of halogens is 1. The first-order valence-corrected chi connectivity index (χ1v) is 6.87. The number of carbonyl (C=O) groups is 1. The number of nitrogens with one attached hydrogen (secondary N) is 2. The fraction of sp³-hybridized carbons (Fsp3) is 0.364. The van der Waals surface area contributed by atoms with E-state index in [1.54, 1.807) is 0 Å². The first-order valence-electron chi connectivity index (χ1n) is 5.39. The van der Waals surface area contributed by atoms with E-state index < -0.39 is 27.8 Å². The Kier molecular flexibility index (Phi) is 4.84. The van der Waals surface area contributed by atoms with Crippen LogP contribution in [0.25, 0.3) is 0 Å². The molecule has 2 N–H and O–H groups in total. The van der Waals surface area contributed by atoms with Gasteiger partial charge in [0, 0.05) is 7.05 Å². The van der Waals surface area contributed by atoms with E-state index in [1.165, 1.54) is 27.1 Å². The minimum Gasteiger partial charge on any atom is -0.495 e. The Balaban J connectivity index is 3.13. The molecule has 0 aliphatic carbocycles. The average molecular weight is 290 g/mol. The van der Waals surface area contributed by atoms with Crippen LogP contribution in [-0.2, 0) is 14.8 Å². The number of hydrogen-bond acceptors (Lipinski definition) is 4. The molecule has 106 valence electrons. The zero-order chi connectivity index (χ0) is 14.6. The summed E-state index contributed by atoms with van der Waals surface area (Å²) in [5, 5.41) is 2.31. The van der Waals surface area contributed by atoms with Crippen LogP contribution in [0.2, 0.25) is 0 Å². The van der Waals surface area contributed by atoms with Crippen molar-refractivity contribution in [2.45, 2.75) is 17.9 Å². The molecule has 0 aliphatic heterocycles. The zero-order valence-corrected chi connectivity index (χ0v) is 11.5. The van der Waals surface area contributed by atoms with E-state index in [0.29, 0.717) is 0 Å². The number of hydrogen-bond donors (Lipinski definition) is 2. The SMILES string of the molecule is CNC(=O)C(C)NS(=O)(=O)c1cc(F)ccc1OC. The summed E-state index contributed by atoms with van der Waals surface area (Å²) in [7, 11) is -1.40. The van der Waals surface area contributed by atoms with Gasteiger partial charge < -0.3 is 10.1 Å². The largest absolute Gasteiger partial charge is 0.495 e. The molecule has 1 aromatic carbocycles. The fourth-order valence-corrected chi connectivity index (χ4v) is 2.81. The van der Waals surface area contributed by atoms with Crippen LogP contribution in [0.4, 0.5) is 4.39 Å². The van der Waals surface area contributed by atoms with Gasteiger partial charge in [-0.15, -0.1) is 0 Å². The van der Waals surface area contributed by atoms with E-state index in [2.05, 4.69) is 10.0 Å². The van der Waals surface area contributed by atoms with Crippen molar-refractivity contribution in [1.29, 1.82) is 0 Å².